The molecule has 4 aromatic rings. The number of benzene rings is 2. The lowest BCUT2D eigenvalue weighted by Gasteiger charge is -2.24. The van der Waals surface area contributed by atoms with Crippen molar-refractivity contribution >= 4 is 22.8 Å². The smallest absolute Gasteiger partial charge is 0.264 e. The van der Waals surface area contributed by atoms with Gasteiger partial charge in [0.2, 0.25) is 0 Å². The second-order valence-corrected chi connectivity index (χ2v) is 9.90. The minimum absolute atomic E-state index is 0.123. The molecule has 196 valence electrons. The zero-order valence-corrected chi connectivity index (χ0v) is 21.1. The van der Waals surface area contributed by atoms with Crippen LogP contribution in [0.25, 0.3) is 22.3 Å². The molecule has 1 amide bonds. The van der Waals surface area contributed by atoms with Crippen LogP contribution in [0.2, 0.25) is 0 Å². The predicted molar refractivity (Wildman–Crippen MR) is 143 cm³/mol. The summed E-state index contributed by atoms with van der Waals surface area (Å²) < 4.78 is 21.1. The van der Waals surface area contributed by atoms with E-state index in [0.29, 0.717) is 53.1 Å². The van der Waals surface area contributed by atoms with Crippen LogP contribution in [0.3, 0.4) is 0 Å². The van der Waals surface area contributed by atoms with Crippen LogP contribution in [0.15, 0.2) is 66.5 Å². The number of carbonyl (C=O) groups is 1. The van der Waals surface area contributed by atoms with Crippen molar-refractivity contribution in [2.24, 2.45) is 5.92 Å². The Morgan fingerprint density at radius 3 is 2.72 bits per heavy atom. The number of hydrogen-bond donors (Lipinski definition) is 1. The van der Waals surface area contributed by atoms with Gasteiger partial charge >= 0.3 is 0 Å². The van der Waals surface area contributed by atoms with E-state index in [1.807, 2.05) is 18.2 Å². The largest absolute Gasteiger partial charge is 0.457 e. The van der Waals surface area contributed by atoms with Crippen LogP contribution in [0.5, 0.6) is 11.5 Å². The van der Waals surface area contributed by atoms with E-state index in [2.05, 4.69) is 16.0 Å². The third kappa shape index (κ3) is 5.03. The SMILES string of the molecule is N#CC(=CC1CC1)C(=O)N1CCC[C@@H]1Cn1nc(-c2ccc(Oc3cccc(F)c3)cc2)c2c(N)ncnc21. The highest BCUT2D eigenvalue weighted by Crippen LogP contribution is 2.34. The van der Waals surface area contributed by atoms with Crippen LogP contribution in [-0.4, -0.2) is 43.1 Å². The minimum atomic E-state index is -0.373. The molecule has 2 aromatic carbocycles. The molecule has 1 aliphatic carbocycles. The van der Waals surface area contributed by atoms with Crippen LogP contribution >= 0.6 is 0 Å². The summed E-state index contributed by atoms with van der Waals surface area (Å²) in [6.07, 6.45) is 6.94. The van der Waals surface area contributed by atoms with E-state index >= 15 is 0 Å². The van der Waals surface area contributed by atoms with Gasteiger partial charge in [-0.3, -0.25) is 4.79 Å². The van der Waals surface area contributed by atoms with Crippen molar-refractivity contribution in [1.82, 2.24) is 24.6 Å². The van der Waals surface area contributed by atoms with Gasteiger partial charge in [0.05, 0.1) is 18.0 Å². The number of anilines is 1. The van der Waals surface area contributed by atoms with E-state index in [4.69, 9.17) is 15.6 Å². The monoisotopic (exact) mass is 523 g/mol. The molecule has 10 heteroatoms. The zero-order valence-electron chi connectivity index (χ0n) is 21.1. The molecule has 0 bridgehead atoms. The van der Waals surface area contributed by atoms with Crippen molar-refractivity contribution in [2.75, 3.05) is 12.3 Å². The lowest BCUT2D eigenvalue weighted by molar-refractivity contribution is -0.127. The Bertz CT molecular complexity index is 1620. The maximum atomic E-state index is 13.5. The number of amides is 1. The number of likely N-dealkylation sites (tertiary alicyclic amines) is 1. The Balaban J connectivity index is 1.28. The minimum Gasteiger partial charge on any atom is -0.457 e. The first-order chi connectivity index (χ1) is 19.0. The van der Waals surface area contributed by atoms with Gasteiger partial charge in [0.25, 0.3) is 5.91 Å². The molecule has 3 heterocycles. The number of nitrogens with zero attached hydrogens (tertiary/aromatic N) is 6. The van der Waals surface area contributed by atoms with Gasteiger partial charge in [-0.15, -0.1) is 0 Å². The third-order valence-electron chi connectivity index (χ3n) is 7.12. The molecule has 1 atom stereocenters. The van der Waals surface area contributed by atoms with Crippen molar-refractivity contribution in [2.45, 2.75) is 38.3 Å². The number of nitriles is 1. The molecular formula is C29H26FN7O2. The Labute approximate surface area is 224 Å². The fraction of sp³-hybridized carbons (Fsp3) is 0.276. The van der Waals surface area contributed by atoms with E-state index in [-0.39, 0.29) is 23.3 Å². The van der Waals surface area contributed by atoms with Crippen LogP contribution < -0.4 is 10.5 Å². The topological polar surface area (TPSA) is 123 Å². The number of nitrogens with two attached hydrogens (primary N) is 1. The highest BCUT2D eigenvalue weighted by molar-refractivity contribution is 5.99. The Kier molecular flexibility index (Phi) is 6.40. The second kappa shape index (κ2) is 10.2. The molecule has 1 saturated carbocycles. The van der Waals surface area contributed by atoms with Crippen molar-refractivity contribution in [3.63, 3.8) is 0 Å². The molecular weight excluding hydrogens is 497 g/mol. The normalized spacial score (nSPS) is 17.4. The summed E-state index contributed by atoms with van der Waals surface area (Å²) in [5, 5.41) is 15.1. The number of fused-ring (bicyclic) bond motifs is 1. The van der Waals surface area contributed by atoms with Crippen LogP contribution in [0.1, 0.15) is 25.7 Å². The van der Waals surface area contributed by atoms with Crippen LogP contribution in [-0.2, 0) is 11.3 Å². The van der Waals surface area contributed by atoms with E-state index in [1.54, 1.807) is 33.8 Å². The van der Waals surface area contributed by atoms with Crippen molar-refractivity contribution < 1.29 is 13.9 Å². The van der Waals surface area contributed by atoms with Crippen molar-refractivity contribution in [3.05, 3.63) is 72.3 Å². The summed E-state index contributed by atoms with van der Waals surface area (Å²) in [7, 11) is 0. The fourth-order valence-electron chi connectivity index (χ4n) is 5.01. The second-order valence-electron chi connectivity index (χ2n) is 9.90. The quantitative estimate of drug-likeness (QED) is 0.271. The number of hydrogen-bond acceptors (Lipinski definition) is 7. The first kappa shape index (κ1) is 24.6. The highest BCUT2D eigenvalue weighted by atomic mass is 19.1. The standard InChI is InChI=1S/C29H26FN7O2/c30-21-3-1-5-24(14-21)39-23-10-8-19(9-11-23)26-25-27(32)33-17-34-28(25)37(35-26)16-22-4-2-12-36(22)29(38)20(15-31)13-18-6-7-18/h1,3,5,8-11,13-14,17-18,22H,2,4,6-7,12,16H2,(H2,32,33,34)/t22-/m1/s1. The molecule has 39 heavy (non-hydrogen) atoms. The van der Waals surface area contributed by atoms with Gasteiger partial charge in [0.15, 0.2) is 5.65 Å². The van der Waals surface area contributed by atoms with E-state index < -0.39 is 0 Å². The van der Waals surface area contributed by atoms with Gasteiger partial charge in [-0.2, -0.15) is 10.4 Å². The number of halogens is 1. The average molecular weight is 524 g/mol. The molecule has 0 unspecified atom stereocenters. The lowest BCUT2D eigenvalue weighted by Crippen LogP contribution is -2.39. The first-order valence-electron chi connectivity index (χ1n) is 12.9. The molecule has 1 aliphatic heterocycles. The molecule has 0 spiro atoms. The van der Waals surface area contributed by atoms with Crippen LogP contribution in [0.4, 0.5) is 10.2 Å². The highest BCUT2D eigenvalue weighted by Gasteiger charge is 2.33. The summed E-state index contributed by atoms with van der Waals surface area (Å²) in [6.45, 7) is 1.02. The molecule has 2 aliphatic rings. The van der Waals surface area contributed by atoms with Gasteiger partial charge in [0, 0.05) is 18.2 Å². The van der Waals surface area contributed by atoms with Gasteiger partial charge in [-0.05, 0) is 68.0 Å². The number of nitrogen functional groups attached to an aromatic ring is 1. The molecule has 2 fully saturated rings. The number of rotatable bonds is 7. The summed E-state index contributed by atoms with van der Waals surface area (Å²) in [5.74, 6) is 1.00. The van der Waals surface area contributed by atoms with Crippen molar-refractivity contribution in [3.8, 4) is 28.8 Å². The predicted octanol–water partition coefficient (Wildman–Crippen LogP) is 4.86. The van der Waals surface area contributed by atoms with E-state index in [1.165, 1.54) is 18.5 Å². The summed E-state index contributed by atoms with van der Waals surface area (Å²) in [6, 6.07) is 15.2. The number of ether oxygens (including phenoxy) is 1. The van der Waals surface area contributed by atoms with Gasteiger partial charge < -0.3 is 15.4 Å². The third-order valence-corrected chi connectivity index (χ3v) is 7.12. The Morgan fingerprint density at radius 2 is 1.97 bits per heavy atom. The van der Waals surface area contributed by atoms with Crippen molar-refractivity contribution in [1.29, 1.82) is 5.26 Å². The molecule has 0 radical (unpaired) electrons. The average Bonchev–Trinajstić information content (AvgIpc) is 3.51. The summed E-state index contributed by atoms with van der Waals surface area (Å²) in [4.78, 5) is 23.6. The van der Waals surface area contributed by atoms with E-state index in [0.717, 1.165) is 31.2 Å². The van der Waals surface area contributed by atoms with Gasteiger partial charge in [-0.1, -0.05) is 12.1 Å². The maximum Gasteiger partial charge on any atom is 0.264 e. The van der Waals surface area contributed by atoms with Gasteiger partial charge in [-0.25, -0.2) is 19.0 Å². The first-order valence-corrected chi connectivity index (χ1v) is 12.9. The summed E-state index contributed by atoms with van der Waals surface area (Å²) in [5.41, 5.74) is 8.47. The Hall–Kier alpha value is -4.78. The fourth-order valence-corrected chi connectivity index (χ4v) is 5.01. The molecule has 2 N–H and O–H groups in total. The maximum absolute atomic E-state index is 13.5. The Morgan fingerprint density at radius 1 is 1.15 bits per heavy atom. The molecule has 2 aromatic heterocycles. The molecule has 1 saturated heterocycles. The molecule has 9 nitrogen and oxygen atoms in total. The number of aromatic nitrogens is 4. The van der Waals surface area contributed by atoms with E-state index in [9.17, 15) is 14.4 Å². The number of allylic oxidation sites excluding steroid dienone is 1. The molecule has 6 rings (SSSR count). The number of carbonyl (C=O) groups excluding carboxylic acids is 1. The zero-order chi connectivity index (χ0) is 26.9. The lowest BCUT2D eigenvalue weighted by atomic mass is 10.1. The van der Waals surface area contributed by atoms with Gasteiger partial charge in [0.1, 0.15) is 46.8 Å². The van der Waals surface area contributed by atoms with Crippen LogP contribution in [0, 0.1) is 23.1 Å². The summed E-state index contributed by atoms with van der Waals surface area (Å²) >= 11 is 0.